The van der Waals surface area contributed by atoms with Gasteiger partial charge in [-0.05, 0) is 19.4 Å². The number of fused-ring (bicyclic) bond motifs is 3. The van der Waals surface area contributed by atoms with Crippen LogP contribution in [0.2, 0.25) is 0 Å². The van der Waals surface area contributed by atoms with Crippen molar-refractivity contribution in [3.8, 4) is 17.2 Å². The summed E-state index contributed by atoms with van der Waals surface area (Å²) in [6, 6.07) is 3.33. The molecule has 1 unspecified atom stereocenters. The summed E-state index contributed by atoms with van der Waals surface area (Å²) in [5.74, 6) is -4.77. The number of nitrogens with two attached hydrogens (primary N) is 1. The van der Waals surface area contributed by atoms with Crippen LogP contribution >= 0.6 is 11.8 Å². The molecule has 0 spiro atoms. The van der Waals surface area contributed by atoms with Crippen LogP contribution < -0.4 is 15.8 Å². The molecule has 55 heavy (non-hydrogen) atoms. The summed E-state index contributed by atoms with van der Waals surface area (Å²) in [7, 11) is 1.30. The Hall–Kier alpha value is -4.43. The molecule has 0 saturated carbocycles. The van der Waals surface area contributed by atoms with Crippen LogP contribution in [-0.4, -0.2) is 133 Å². The zero-order chi connectivity index (χ0) is 39.9. The van der Waals surface area contributed by atoms with Crippen molar-refractivity contribution in [1.29, 1.82) is 0 Å². The summed E-state index contributed by atoms with van der Waals surface area (Å²) in [6.45, 7) is 0.823. The van der Waals surface area contributed by atoms with E-state index in [1.54, 1.807) is 0 Å². The molecule has 2 aromatic carbocycles. The van der Waals surface area contributed by atoms with Gasteiger partial charge in [0.2, 0.25) is 23.5 Å². The number of nitrogens with one attached hydrogen (secondary N) is 1. The van der Waals surface area contributed by atoms with Crippen molar-refractivity contribution in [2.24, 2.45) is 5.73 Å². The number of hydrogen-bond donors (Lipinski definition) is 7. The fourth-order valence-corrected chi connectivity index (χ4v) is 8.71. The molecule has 7 atom stereocenters. The van der Waals surface area contributed by atoms with E-state index in [0.717, 1.165) is 4.90 Å². The second kappa shape index (κ2) is 16.0. The zero-order valence-electron chi connectivity index (χ0n) is 30.1. The molecule has 3 amide bonds. The van der Waals surface area contributed by atoms with Gasteiger partial charge < -0.3 is 50.8 Å². The number of aliphatic hydroxyl groups is 3. The number of imide groups is 1. The van der Waals surface area contributed by atoms with Crippen LogP contribution in [0.15, 0.2) is 18.2 Å². The number of methoxy groups -OCH3 is 1. The van der Waals surface area contributed by atoms with Gasteiger partial charge in [0.1, 0.15) is 35.6 Å². The van der Waals surface area contributed by atoms with E-state index >= 15 is 0 Å². The number of rotatable bonds is 13. The van der Waals surface area contributed by atoms with Crippen LogP contribution in [0.5, 0.6) is 17.2 Å². The first-order valence-corrected chi connectivity index (χ1v) is 18.9. The first kappa shape index (κ1) is 40.2. The van der Waals surface area contributed by atoms with Gasteiger partial charge in [0, 0.05) is 67.6 Å². The lowest BCUT2D eigenvalue weighted by Gasteiger charge is -2.43. The van der Waals surface area contributed by atoms with Crippen LogP contribution in [0, 0.1) is 0 Å². The van der Waals surface area contributed by atoms with E-state index in [1.165, 1.54) is 44.0 Å². The number of phenols is 2. The van der Waals surface area contributed by atoms with E-state index in [-0.39, 0.29) is 72.0 Å². The van der Waals surface area contributed by atoms with Crippen molar-refractivity contribution in [3.63, 3.8) is 0 Å². The Morgan fingerprint density at radius 3 is 2.53 bits per heavy atom. The van der Waals surface area contributed by atoms with E-state index < -0.39 is 107 Å². The third kappa shape index (κ3) is 7.35. The Morgan fingerprint density at radius 2 is 1.84 bits per heavy atom. The van der Waals surface area contributed by atoms with Crippen molar-refractivity contribution >= 4 is 46.8 Å². The topological polar surface area (TPSA) is 273 Å². The van der Waals surface area contributed by atoms with Crippen molar-refractivity contribution in [2.75, 3.05) is 32.6 Å². The molecule has 0 radical (unpaired) electrons. The van der Waals surface area contributed by atoms with Gasteiger partial charge in [-0.15, -0.1) is 11.8 Å². The number of aliphatic hydroxyl groups excluding tert-OH is 2. The molecule has 2 saturated heterocycles. The second-order valence-corrected chi connectivity index (χ2v) is 15.3. The van der Waals surface area contributed by atoms with Gasteiger partial charge in [0.05, 0.1) is 47.3 Å². The third-order valence-electron chi connectivity index (χ3n) is 10.5. The molecule has 6 rings (SSSR count). The van der Waals surface area contributed by atoms with E-state index in [9.17, 15) is 54.3 Å². The maximum Gasteiger partial charge on any atom is 0.242 e. The monoisotopic (exact) mass is 785 g/mol. The predicted molar refractivity (Wildman–Crippen MR) is 192 cm³/mol. The zero-order valence-corrected chi connectivity index (χ0v) is 30.9. The highest BCUT2D eigenvalue weighted by molar-refractivity contribution is 8.00. The molecule has 0 bridgehead atoms. The summed E-state index contributed by atoms with van der Waals surface area (Å²) in [5.41, 5.74) is 1.36. The average molecular weight is 786 g/mol. The minimum Gasteiger partial charge on any atom is -0.507 e. The van der Waals surface area contributed by atoms with Gasteiger partial charge in [-0.3, -0.25) is 33.7 Å². The van der Waals surface area contributed by atoms with Crippen molar-refractivity contribution in [1.82, 2.24) is 10.2 Å². The highest BCUT2D eigenvalue weighted by Gasteiger charge is 2.50. The quantitative estimate of drug-likeness (QED) is 0.0870. The number of aromatic hydroxyl groups is 2. The molecule has 18 heteroatoms. The lowest BCUT2D eigenvalue weighted by Crippen LogP contribution is -2.56. The van der Waals surface area contributed by atoms with Crippen LogP contribution in [0.4, 0.5) is 0 Å². The van der Waals surface area contributed by atoms with E-state index in [4.69, 9.17) is 19.9 Å². The van der Waals surface area contributed by atoms with Crippen LogP contribution in [0.3, 0.4) is 0 Å². The highest BCUT2D eigenvalue weighted by Crippen LogP contribution is 2.52. The number of Topliss-reactive ketones (excluding diaryl/α,β-unsaturated/α-hetero) is 1. The summed E-state index contributed by atoms with van der Waals surface area (Å²) in [5, 5.41) is 57.7. The minimum atomic E-state index is -2.36. The van der Waals surface area contributed by atoms with E-state index in [0.29, 0.717) is 12.3 Å². The van der Waals surface area contributed by atoms with Crippen LogP contribution in [-0.2, 0) is 35.1 Å². The normalized spacial score (nSPS) is 27.4. The van der Waals surface area contributed by atoms with Crippen LogP contribution in [0.25, 0.3) is 0 Å². The SMILES string of the molecule is COc1cccc2c1C(=O)c1c(O)c3c(c(O)c1C2=O)C[C@@](O)(C(=O)CO)C[C@@H]3O[C@H]1C[C@H](NC(=O)CCCN2C(=O)CC(SCCN)C2=O)[C@H](O)[C@H](C)O1. The minimum absolute atomic E-state index is 0.0340. The summed E-state index contributed by atoms with van der Waals surface area (Å²) in [4.78, 5) is 79.8. The Kier molecular flexibility index (Phi) is 11.7. The lowest BCUT2D eigenvalue weighted by atomic mass is 9.72. The maximum atomic E-state index is 13.9. The van der Waals surface area contributed by atoms with E-state index in [2.05, 4.69) is 5.32 Å². The fourth-order valence-electron chi connectivity index (χ4n) is 7.76. The molecule has 8 N–H and O–H groups in total. The first-order valence-electron chi connectivity index (χ1n) is 17.8. The number of carbonyl (C=O) groups is 6. The number of amides is 3. The van der Waals surface area contributed by atoms with Gasteiger partial charge in [-0.25, -0.2) is 0 Å². The highest BCUT2D eigenvalue weighted by atomic mass is 32.2. The van der Waals surface area contributed by atoms with Gasteiger partial charge in [0.15, 0.2) is 17.9 Å². The molecule has 2 aliphatic carbocycles. The number of hydrogen-bond acceptors (Lipinski definition) is 16. The number of ether oxygens (including phenoxy) is 3. The smallest absolute Gasteiger partial charge is 0.242 e. The van der Waals surface area contributed by atoms with Gasteiger partial charge in [0.25, 0.3) is 0 Å². The average Bonchev–Trinajstić information content (AvgIpc) is 3.42. The number of thioether (sulfide) groups is 1. The molecule has 2 aliphatic heterocycles. The first-order chi connectivity index (χ1) is 26.1. The number of phenolic OH excluding ortho intramolecular Hbond substituents is 2. The number of benzene rings is 2. The second-order valence-electron chi connectivity index (χ2n) is 14.0. The molecule has 2 aromatic rings. The largest absolute Gasteiger partial charge is 0.507 e. The molecule has 296 valence electrons. The number of carbonyl (C=O) groups excluding carboxylic acids is 6. The Balaban J connectivity index is 1.23. The van der Waals surface area contributed by atoms with Crippen LogP contribution in [0.1, 0.15) is 88.1 Å². The molecule has 0 aromatic heterocycles. The van der Waals surface area contributed by atoms with Gasteiger partial charge >= 0.3 is 0 Å². The Bertz CT molecular complexity index is 1940. The number of nitrogens with zero attached hydrogens (tertiary/aromatic N) is 1. The summed E-state index contributed by atoms with van der Waals surface area (Å²) in [6.07, 6.45) is -6.21. The molecule has 2 heterocycles. The number of ketones is 3. The molecule has 17 nitrogen and oxygen atoms in total. The Labute approximate surface area is 319 Å². The Morgan fingerprint density at radius 1 is 1.11 bits per heavy atom. The molecular weight excluding hydrogens is 742 g/mol. The third-order valence-corrected chi connectivity index (χ3v) is 11.8. The molecule has 4 aliphatic rings. The molecule has 2 fully saturated rings. The predicted octanol–water partition coefficient (Wildman–Crippen LogP) is -0.242. The van der Waals surface area contributed by atoms with Crippen molar-refractivity contribution in [2.45, 2.75) is 86.9 Å². The van der Waals surface area contributed by atoms with Gasteiger partial charge in [-0.2, -0.15) is 0 Å². The summed E-state index contributed by atoms with van der Waals surface area (Å²) >= 11 is 1.31. The van der Waals surface area contributed by atoms with Crippen molar-refractivity contribution in [3.05, 3.63) is 51.6 Å². The standard InChI is InChI=1S/C37H43N3O14S/c1-16-31(45)19(39-24(43)7-4-9-40-25(44)12-22(36(40)50)55-10-8-38)11-26(53-16)54-21-14-37(51,23(42)15-41)13-18-28(21)35(49)30-29(33(18)47)32(46)17-5-3-6-20(52-2)27(17)34(30)48/h3,5-6,16,19,21-22,26,31,41,45,47,49,51H,4,7-15,38H2,1-2H3,(H,39,43)/t16-,19-,21-,22?,26-,31+,37-/m0/s1. The lowest BCUT2D eigenvalue weighted by molar-refractivity contribution is -0.249. The number of likely N-dealkylation sites (tertiary alicyclic amines) is 1. The maximum absolute atomic E-state index is 13.9. The fraction of sp³-hybridized carbons (Fsp3) is 0.514. The van der Waals surface area contributed by atoms with E-state index in [1.807, 2.05) is 0 Å². The van der Waals surface area contributed by atoms with Gasteiger partial charge in [-0.1, -0.05) is 12.1 Å². The molecular formula is C37H43N3O14S. The van der Waals surface area contributed by atoms with Crippen molar-refractivity contribution < 1.29 is 68.5 Å². The summed E-state index contributed by atoms with van der Waals surface area (Å²) < 4.78 is 17.4.